The average Bonchev–Trinajstić information content (AvgIpc) is 3.32. The number of rotatable bonds is 5. The van der Waals surface area contributed by atoms with E-state index in [0.29, 0.717) is 16.8 Å². The van der Waals surface area contributed by atoms with E-state index in [1.54, 1.807) is 18.3 Å². The highest BCUT2D eigenvalue weighted by Gasteiger charge is 2.51. The number of imidazole rings is 1. The molecule has 2 amide bonds. The molecule has 4 aliphatic rings. The third-order valence-corrected chi connectivity index (χ3v) is 8.50. The number of anilines is 1. The summed E-state index contributed by atoms with van der Waals surface area (Å²) in [5, 5.41) is 6.35. The largest absolute Gasteiger partial charge is 0.347 e. The zero-order valence-corrected chi connectivity index (χ0v) is 20.5. The number of H-pyrrole nitrogens is 1. The van der Waals surface area contributed by atoms with E-state index in [1.807, 2.05) is 42.5 Å². The second-order valence-corrected chi connectivity index (χ2v) is 11.2. The van der Waals surface area contributed by atoms with Gasteiger partial charge in [0.15, 0.2) is 0 Å². The summed E-state index contributed by atoms with van der Waals surface area (Å²) in [6.45, 7) is 0. The molecule has 4 aliphatic carbocycles. The Morgan fingerprint density at radius 1 is 0.865 bits per heavy atom. The number of hydrogen-bond donors (Lipinski definition) is 3. The van der Waals surface area contributed by atoms with Gasteiger partial charge in [-0.3, -0.25) is 14.6 Å². The highest BCUT2D eigenvalue weighted by Crippen LogP contribution is 2.55. The van der Waals surface area contributed by atoms with Crippen LogP contribution < -0.4 is 10.6 Å². The van der Waals surface area contributed by atoms with Crippen molar-refractivity contribution in [2.24, 2.45) is 17.8 Å². The van der Waals surface area contributed by atoms with Crippen molar-refractivity contribution in [1.29, 1.82) is 0 Å². The summed E-state index contributed by atoms with van der Waals surface area (Å²) >= 11 is 0. The van der Waals surface area contributed by atoms with Crippen LogP contribution in [-0.2, 0) is 0 Å². The number of amides is 2. The van der Waals surface area contributed by atoms with Gasteiger partial charge in [-0.15, -0.1) is 0 Å². The normalized spacial score (nSPS) is 25.8. The molecule has 7 nitrogen and oxygen atoms in total. The van der Waals surface area contributed by atoms with Crippen molar-refractivity contribution in [3.8, 4) is 11.4 Å². The van der Waals surface area contributed by atoms with Gasteiger partial charge in [-0.05, 0) is 111 Å². The molecule has 0 saturated heterocycles. The van der Waals surface area contributed by atoms with E-state index in [9.17, 15) is 9.59 Å². The number of nitrogens with zero attached hydrogens (tertiary/aromatic N) is 2. The van der Waals surface area contributed by atoms with Crippen LogP contribution in [0, 0.1) is 17.8 Å². The van der Waals surface area contributed by atoms with E-state index in [-0.39, 0.29) is 17.4 Å². The Hall–Kier alpha value is -4.00. The van der Waals surface area contributed by atoms with Gasteiger partial charge in [-0.2, -0.15) is 0 Å². The van der Waals surface area contributed by atoms with Gasteiger partial charge in [-0.1, -0.05) is 0 Å². The molecule has 0 unspecified atom stereocenters. The Kier molecular flexibility index (Phi) is 5.13. The minimum atomic E-state index is -0.205. The Morgan fingerprint density at radius 2 is 1.59 bits per heavy atom. The summed E-state index contributed by atoms with van der Waals surface area (Å²) in [4.78, 5) is 37.8. The molecule has 4 bridgehead atoms. The van der Waals surface area contributed by atoms with E-state index >= 15 is 0 Å². The Morgan fingerprint density at radius 3 is 2.27 bits per heavy atom. The molecule has 3 N–H and O–H groups in total. The zero-order valence-electron chi connectivity index (χ0n) is 20.5. The van der Waals surface area contributed by atoms with Gasteiger partial charge in [-0.25, -0.2) is 4.98 Å². The molecule has 0 atom stereocenters. The van der Waals surface area contributed by atoms with Gasteiger partial charge >= 0.3 is 0 Å². The number of hydrogen-bond acceptors (Lipinski definition) is 4. The number of aromatic nitrogens is 3. The van der Waals surface area contributed by atoms with Crippen LogP contribution in [0.15, 0.2) is 67.0 Å². The number of nitrogens with one attached hydrogen (secondary N) is 3. The molecule has 2 aromatic heterocycles. The SMILES string of the molecule is O=C(Nc1ccc(-c2nc3cc(C(=O)NC45CC6CC(CC(C6)C4)C5)ccc3[nH]2)cc1)c1cccnc1. The fourth-order valence-corrected chi connectivity index (χ4v) is 7.27. The van der Waals surface area contributed by atoms with Crippen LogP contribution in [0.1, 0.15) is 59.2 Å². The first kappa shape index (κ1) is 22.2. The maximum Gasteiger partial charge on any atom is 0.257 e. The minimum absolute atomic E-state index is 0.00822. The fraction of sp³-hybridized carbons (Fsp3) is 0.333. The van der Waals surface area contributed by atoms with Crippen LogP contribution in [0.5, 0.6) is 0 Å². The van der Waals surface area contributed by atoms with Gasteiger partial charge in [0.2, 0.25) is 0 Å². The Balaban J connectivity index is 1.07. The molecule has 2 aromatic carbocycles. The molecule has 4 saturated carbocycles. The predicted molar refractivity (Wildman–Crippen MR) is 142 cm³/mol. The third kappa shape index (κ3) is 4.18. The zero-order chi connectivity index (χ0) is 25.0. The van der Waals surface area contributed by atoms with E-state index in [0.717, 1.165) is 59.4 Å². The number of aromatic amines is 1. The van der Waals surface area contributed by atoms with Crippen molar-refractivity contribution in [3.63, 3.8) is 0 Å². The molecule has 0 radical (unpaired) electrons. The number of carbonyl (C=O) groups is 2. The van der Waals surface area contributed by atoms with Crippen molar-refractivity contribution >= 4 is 28.5 Å². The fourth-order valence-electron chi connectivity index (χ4n) is 7.27. The number of carbonyl (C=O) groups excluding carboxylic acids is 2. The van der Waals surface area contributed by atoms with Gasteiger partial charge in [0.1, 0.15) is 5.82 Å². The number of benzene rings is 2. The summed E-state index contributed by atoms with van der Waals surface area (Å²) in [7, 11) is 0. The highest BCUT2D eigenvalue weighted by molar-refractivity contribution is 6.04. The molecule has 4 fully saturated rings. The summed E-state index contributed by atoms with van der Waals surface area (Å²) in [6, 6.07) is 16.7. The van der Waals surface area contributed by atoms with E-state index in [2.05, 4.69) is 20.6 Å². The van der Waals surface area contributed by atoms with Crippen LogP contribution >= 0.6 is 0 Å². The molecular formula is C30H29N5O2. The van der Waals surface area contributed by atoms with Crippen molar-refractivity contribution in [2.75, 3.05) is 5.32 Å². The quantitative estimate of drug-likeness (QED) is 0.340. The molecule has 186 valence electrons. The van der Waals surface area contributed by atoms with Crippen LogP contribution in [0.25, 0.3) is 22.4 Å². The van der Waals surface area contributed by atoms with Crippen LogP contribution in [0.3, 0.4) is 0 Å². The molecule has 4 aromatic rings. The average molecular weight is 492 g/mol. The van der Waals surface area contributed by atoms with Crippen molar-refractivity contribution in [3.05, 3.63) is 78.1 Å². The van der Waals surface area contributed by atoms with Crippen molar-refractivity contribution in [2.45, 2.75) is 44.1 Å². The topological polar surface area (TPSA) is 99.8 Å². The van der Waals surface area contributed by atoms with Crippen molar-refractivity contribution in [1.82, 2.24) is 20.3 Å². The van der Waals surface area contributed by atoms with Crippen LogP contribution in [0.4, 0.5) is 5.69 Å². The lowest BCUT2D eigenvalue weighted by Gasteiger charge is -2.56. The number of pyridine rings is 1. The van der Waals surface area contributed by atoms with Gasteiger partial charge in [0.05, 0.1) is 16.6 Å². The third-order valence-electron chi connectivity index (χ3n) is 8.50. The highest BCUT2D eigenvalue weighted by atomic mass is 16.2. The monoisotopic (exact) mass is 491 g/mol. The van der Waals surface area contributed by atoms with E-state index in [4.69, 9.17) is 4.98 Å². The second kappa shape index (κ2) is 8.54. The summed E-state index contributed by atoms with van der Waals surface area (Å²) < 4.78 is 0. The summed E-state index contributed by atoms with van der Waals surface area (Å²) in [5.74, 6) is 2.90. The number of fused-ring (bicyclic) bond motifs is 1. The lowest BCUT2D eigenvalue weighted by atomic mass is 9.53. The lowest BCUT2D eigenvalue weighted by Crippen LogP contribution is -2.59. The van der Waals surface area contributed by atoms with Gasteiger partial charge < -0.3 is 15.6 Å². The lowest BCUT2D eigenvalue weighted by molar-refractivity contribution is -0.0167. The molecule has 37 heavy (non-hydrogen) atoms. The minimum Gasteiger partial charge on any atom is -0.347 e. The summed E-state index contributed by atoms with van der Waals surface area (Å²) in [6.07, 6.45) is 10.7. The van der Waals surface area contributed by atoms with Crippen molar-refractivity contribution < 1.29 is 9.59 Å². The second-order valence-electron chi connectivity index (χ2n) is 11.2. The maximum absolute atomic E-state index is 13.3. The molecule has 2 heterocycles. The molecule has 0 spiro atoms. The predicted octanol–water partition coefficient (Wildman–Crippen LogP) is 5.58. The molecule has 7 heteroatoms. The molecular weight excluding hydrogens is 462 g/mol. The Labute approximate surface area is 215 Å². The maximum atomic E-state index is 13.3. The Bertz CT molecular complexity index is 1460. The van der Waals surface area contributed by atoms with E-state index < -0.39 is 0 Å². The summed E-state index contributed by atoms with van der Waals surface area (Å²) in [5.41, 5.74) is 4.40. The van der Waals surface area contributed by atoms with E-state index in [1.165, 1.54) is 25.5 Å². The molecule has 0 aliphatic heterocycles. The molecule has 8 rings (SSSR count). The standard InChI is InChI=1S/C30H29N5O2/c36-28(23-2-1-9-31-17-23)32-24-6-3-21(4-7-24)27-33-25-8-5-22(13-26(25)34-27)29(37)35-30-14-18-10-19(15-30)12-20(11-18)16-30/h1-9,13,17-20H,10-12,14-16H2,(H,32,36)(H,33,34)(H,35,37). The smallest absolute Gasteiger partial charge is 0.257 e. The first-order valence-corrected chi connectivity index (χ1v) is 13.2. The van der Waals surface area contributed by atoms with Crippen LogP contribution in [0.2, 0.25) is 0 Å². The first-order chi connectivity index (χ1) is 18.0. The first-order valence-electron chi connectivity index (χ1n) is 13.2. The van der Waals surface area contributed by atoms with Gasteiger partial charge in [0.25, 0.3) is 11.8 Å². The van der Waals surface area contributed by atoms with Gasteiger partial charge in [0, 0.05) is 34.7 Å². The van der Waals surface area contributed by atoms with Crippen LogP contribution in [-0.4, -0.2) is 32.3 Å².